The molecular formula is C24H20N4O5. The fourth-order valence-corrected chi connectivity index (χ4v) is 3.58. The number of nitriles is 1. The van der Waals surface area contributed by atoms with Gasteiger partial charge in [-0.3, -0.25) is 18.7 Å². The fraction of sp³-hybridized carbons (Fsp3) is 0.167. The Bertz CT molecular complexity index is 1430. The van der Waals surface area contributed by atoms with Crippen LogP contribution >= 0.6 is 0 Å². The van der Waals surface area contributed by atoms with Crippen molar-refractivity contribution in [2.45, 2.75) is 20.0 Å². The van der Waals surface area contributed by atoms with Crippen LogP contribution in [0.2, 0.25) is 0 Å². The summed E-state index contributed by atoms with van der Waals surface area (Å²) in [4.78, 5) is 39.2. The topological polar surface area (TPSA) is 129 Å². The first-order valence-electron chi connectivity index (χ1n) is 10.2. The van der Waals surface area contributed by atoms with Crippen LogP contribution in [0.5, 0.6) is 11.5 Å². The first kappa shape index (κ1) is 21.6. The third-order valence-corrected chi connectivity index (χ3v) is 5.27. The molecule has 0 radical (unpaired) electrons. The van der Waals surface area contributed by atoms with E-state index in [0.29, 0.717) is 17.1 Å². The van der Waals surface area contributed by atoms with E-state index in [1.54, 1.807) is 49.4 Å². The van der Waals surface area contributed by atoms with Gasteiger partial charge >= 0.3 is 5.69 Å². The Morgan fingerprint density at radius 1 is 1.12 bits per heavy atom. The lowest BCUT2D eigenvalue weighted by atomic mass is 10.0. The number of ether oxygens (including phenoxy) is 2. The van der Waals surface area contributed by atoms with Crippen LogP contribution in [0.25, 0.3) is 6.08 Å². The molecule has 4 rings (SSSR count). The highest BCUT2D eigenvalue weighted by molar-refractivity contribution is 6.16. The van der Waals surface area contributed by atoms with Gasteiger partial charge in [-0.1, -0.05) is 36.4 Å². The summed E-state index contributed by atoms with van der Waals surface area (Å²) in [6.07, 6.45) is 1.34. The quantitative estimate of drug-likeness (QED) is 0.350. The summed E-state index contributed by atoms with van der Waals surface area (Å²) >= 11 is 0. The molecule has 0 saturated carbocycles. The zero-order chi connectivity index (χ0) is 23.5. The Morgan fingerprint density at radius 3 is 2.55 bits per heavy atom. The van der Waals surface area contributed by atoms with E-state index in [-0.39, 0.29) is 31.3 Å². The van der Waals surface area contributed by atoms with E-state index in [1.807, 2.05) is 12.1 Å². The highest BCUT2D eigenvalue weighted by Crippen LogP contribution is 2.33. The van der Waals surface area contributed by atoms with Gasteiger partial charge in [0, 0.05) is 6.54 Å². The molecule has 33 heavy (non-hydrogen) atoms. The van der Waals surface area contributed by atoms with E-state index in [4.69, 9.17) is 15.2 Å². The largest absolute Gasteiger partial charge is 0.454 e. The van der Waals surface area contributed by atoms with Gasteiger partial charge in [-0.15, -0.1) is 0 Å². The van der Waals surface area contributed by atoms with E-state index in [0.717, 1.165) is 10.1 Å². The predicted octanol–water partition coefficient (Wildman–Crippen LogP) is 2.18. The van der Waals surface area contributed by atoms with Gasteiger partial charge in [0.15, 0.2) is 11.5 Å². The van der Waals surface area contributed by atoms with Crippen LogP contribution in [-0.4, -0.2) is 21.7 Å². The minimum Gasteiger partial charge on any atom is -0.454 e. The molecule has 166 valence electrons. The molecule has 0 fully saturated rings. The maximum Gasteiger partial charge on any atom is 0.332 e. The van der Waals surface area contributed by atoms with Gasteiger partial charge < -0.3 is 15.2 Å². The van der Waals surface area contributed by atoms with Gasteiger partial charge in [0.2, 0.25) is 12.6 Å². The summed E-state index contributed by atoms with van der Waals surface area (Å²) in [5, 5.41) is 9.67. The van der Waals surface area contributed by atoms with Crippen molar-refractivity contribution in [3.8, 4) is 17.6 Å². The molecule has 0 unspecified atom stereocenters. The third kappa shape index (κ3) is 4.02. The lowest BCUT2D eigenvalue weighted by Gasteiger charge is -2.15. The summed E-state index contributed by atoms with van der Waals surface area (Å²) in [6, 6.07) is 15.8. The number of allylic oxidation sites excluding steroid dienone is 1. The lowest BCUT2D eigenvalue weighted by Crippen LogP contribution is -2.44. The number of carbonyl (C=O) groups excluding carboxylic acids is 1. The Kier molecular flexibility index (Phi) is 5.83. The van der Waals surface area contributed by atoms with Crippen molar-refractivity contribution in [3.05, 3.63) is 91.6 Å². The minimum absolute atomic E-state index is 0.0424. The van der Waals surface area contributed by atoms with Crippen molar-refractivity contribution in [2.24, 2.45) is 0 Å². The highest BCUT2D eigenvalue weighted by Gasteiger charge is 2.25. The molecule has 9 nitrogen and oxygen atoms in total. The molecule has 1 aliphatic rings. The number of carbonyl (C=O) groups is 1. The molecule has 0 bridgehead atoms. The molecule has 1 aromatic heterocycles. The number of nitrogens with two attached hydrogens (primary N) is 1. The number of rotatable bonds is 6. The van der Waals surface area contributed by atoms with Crippen molar-refractivity contribution < 1.29 is 14.3 Å². The molecule has 2 N–H and O–H groups in total. The monoisotopic (exact) mass is 444 g/mol. The zero-order valence-electron chi connectivity index (χ0n) is 17.8. The molecule has 0 saturated heterocycles. The van der Waals surface area contributed by atoms with Crippen molar-refractivity contribution >= 4 is 17.7 Å². The molecule has 2 heterocycles. The number of aromatic nitrogens is 2. The number of fused-ring (bicyclic) bond motifs is 1. The molecule has 0 aliphatic carbocycles. The number of nitrogen functional groups attached to an aromatic ring is 1. The molecule has 1 aliphatic heterocycles. The Morgan fingerprint density at radius 2 is 1.85 bits per heavy atom. The van der Waals surface area contributed by atoms with E-state index in [1.165, 1.54) is 10.6 Å². The van der Waals surface area contributed by atoms with Crippen LogP contribution in [-0.2, 0) is 13.1 Å². The summed E-state index contributed by atoms with van der Waals surface area (Å²) in [6.45, 7) is 1.82. The first-order chi connectivity index (χ1) is 15.9. The van der Waals surface area contributed by atoms with Gasteiger partial charge in [0.1, 0.15) is 23.0 Å². The van der Waals surface area contributed by atoms with Gasteiger partial charge in [0.05, 0.1) is 6.54 Å². The van der Waals surface area contributed by atoms with Crippen LogP contribution in [0.4, 0.5) is 5.82 Å². The number of benzene rings is 2. The second-order valence-corrected chi connectivity index (χ2v) is 7.28. The molecule has 3 aromatic rings. The van der Waals surface area contributed by atoms with Gasteiger partial charge in [0.25, 0.3) is 5.56 Å². The zero-order valence-corrected chi connectivity index (χ0v) is 17.8. The maximum absolute atomic E-state index is 13.3. The summed E-state index contributed by atoms with van der Waals surface area (Å²) in [5.74, 6) is -0.102. The molecule has 0 amide bonds. The average molecular weight is 444 g/mol. The van der Waals surface area contributed by atoms with Crippen molar-refractivity contribution in [3.63, 3.8) is 0 Å². The Labute approximate surface area is 188 Å². The number of hydrogen-bond donors (Lipinski definition) is 1. The van der Waals surface area contributed by atoms with E-state index < -0.39 is 22.6 Å². The van der Waals surface area contributed by atoms with Crippen LogP contribution in [0.3, 0.4) is 0 Å². The maximum atomic E-state index is 13.3. The van der Waals surface area contributed by atoms with Gasteiger partial charge in [-0.25, -0.2) is 4.79 Å². The lowest BCUT2D eigenvalue weighted by molar-refractivity contribution is 0.103. The predicted molar refractivity (Wildman–Crippen MR) is 121 cm³/mol. The first-order valence-corrected chi connectivity index (χ1v) is 10.2. The molecule has 0 atom stereocenters. The smallest absolute Gasteiger partial charge is 0.332 e. The Hall–Kier alpha value is -4.58. The van der Waals surface area contributed by atoms with Crippen LogP contribution in [0.1, 0.15) is 28.4 Å². The summed E-state index contributed by atoms with van der Waals surface area (Å²) in [7, 11) is 0. The van der Waals surface area contributed by atoms with E-state index in [9.17, 15) is 19.6 Å². The van der Waals surface area contributed by atoms with Gasteiger partial charge in [-0.05, 0) is 36.3 Å². The normalized spacial score (nSPS) is 12.4. The molecule has 9 heteroatoms. The highest BCUT2D eigenvalue weighted by atomic mass is 16.7. The second-order valence-electron chi connectivity index (χ2n) is 7.28. The van der Waals surface area contributed by atoms with Crippen LogP contribution in [0, 0.1) is 11.3 Å². The van der Waals surface area contributed by atoms with Gasteiger partial charge in [-0.2, -0.15) is 5.26 Å². The summed E-state index contributed by atoms with van der Waals surface area (Å²) < 4.78 is 12.7. The number of nitrogens with zero attached hydrogens (tertiary/aromatic N) is 3. The standard InChI is InChI=1S/C24H20N4O5/c1-2-27-23(30)20(22(26)28(24(27)31)13-15-6-4-3-5-7-15)21(29)17(12-25)10-16-8-9-18-19(11-16)33-14-32-18/h3-11H,2,13-14,26H2,1H3. The fourth-order valence-electron chi connectivity index (χ4n) is 3.58. The average Bonchev–Trinajstić information content (AvgIpc) is 3.29. The van der Waals surface area contributed by atoms with Crippen molar-refractivity contribution in [1.82, 2.24) is 9.13 Å². The number of ketones is 1. The minimum atomic E-state index is -0.860. The van der Waals surface area contributed by atoms with Crippen LogP contribution in [0.15, 0.2) is 63.7 Å². The van der Waals surface area contributed by atoms with E-state index in [2.05, 4.69) is 0 Å². The Balaban J connectivity index is 1.82. The second kappa shape index (κ2) is 8.88. The SMILES string of the molecule is CCn1c(=O)c(C(=O)C(C#N)=Cc2ccc3c(c2)OCO3)c(N)n(Cc2ccccc2)c1=O. The molecule has 0 spiro atoms. The number of hydrogen-bond acceptors (Lipinski definition) is 7. The molecule has 2 aromatic carbocycles. The van der Waals surface area contributed by atoms with E-state index >= 15 is 0 Å². The number of anilines is 1. The van der Waals surface area contributed by atoms with Crippen molar-refractivity contribution in [1.29, 1.82) is 5.26 Å². The number of Topliss-reactive ketones (excluding diaryl/α,β-unsaturated/α-hetero) is 1. The molecular weight excluding hydrogens is 424 g/mol. The van der Waals surface area contributed by atoms with Crippen molar-refractivity contribution in [2.75, 3.05) is 12.5 Å². The summed E-state index contributed by atoms with van der Waals surface area (Å²) in [5.41, 5.74) is 5.27. The van der Waals surface area contributed by atoms with Crippen LogP contribution < -0.4 is 26.5 Å². The third-order valence-electron chi connectivity index (χ3n) is 5.27.